The highest BCUT2D eigenvalue weighted by molar-refractivity contribution is 9.10. The smallest absolute Gasteiger partial charge is 0.339 e. The van der Waals surface area contributed by atoms with E-state index in [4.69, 9.17) is 15.7 Å². The van der Waals surface area contributed by atoms with Gasteiger partial charge in [-0.3, -0.25) is 4.98 Å². The minimum atomic E-state index is -0.445. The Morgan fingerprint density at radius 3 is 3.00 bits per heavy atom. The van der Waals surface area contributed by atoms with Gasteiger partial charge in [0.1, 0.15) is 0 Å². The number of nitriles is 1. The molecule has 1 aliphatic rings. The van der Waals surface area contributed by atoms with Crippen molar-refractivity contribution < 1.29 is 9.53 Å². The van der Waals surface area contributed by atoms with Crippen molar-refractivity contribution >= 4 is 27.5 Å². The number of hydrogen-bond acceptors (Lipinski definition) is 5. The highest BCUT2D eigenvalue weighted by atomic mass is 79.9. The summed E-state index contributed by atoms with van der Waals surface area (Å²) >= 11 is 3.36. The quantitative estimate of drug-likeness (QED) is 0.861. The third-order valence-corrected chi connectivity index (χ3v) is 3.91. The minimum Gasteiger partial charge on any atom is -0.465 e. The lowest BCUT2D eigenvalue weighted by Crippen LogP contribution is -2.06. The van der Waals surface area contributed by atoms with Gasteiger partial charge in [0, 0.05) is 12.1 Å². The van der Waals surface area contributed by atoms with Crippen molar-refractivity contribution in [2.75, 3.05) is 7.11 Å². The van der Waals surface area contributed by atoms with E-state index >= 15 is 0 Å². The Labute approximate surface area is 119 Å². The van der Waals surface area contributed by atoms with Gasteiger partial charge in [-0.15, -0.1) is 0 Å². The van der Waals surface area contributed by atoms with E-state index in [2.05, 4.69) is 27.0 Å². The Kier molecular flexibility index (Phi) is 3.86. The molecule has 5 nitrogen and oxygen atoms in total. The molecule has 1 saturated carbocycles. The molecule has 0 saturated heterocycles. The molecule has 0 aromatic carbocycles. The zero-order valence-electron chi connectivity index (χ0n) is 10.3. The third-order valence-electron chi connectivity index (χ3n) is 3.10. The summed E-state index contributed by atoms with van der Waals surface area (Å²) in [4.78, 5) is 15.9. The number of carbonyl (C=O) groups excluding carboxylic acids is 1. The van der Waals surface area contributed by atoms with Gasteiger partial charge in [-0.05, 0) is 40.2 Å². The molecule has 1 fully saturated rings. The zero-order chi connectivity index (χ0) is 14.0. The standard InChI is InChI=1S/C13H12BrN3O2/c1-19-13(18)8-2-3-17-12(11(8)14)10(6-16)9-4-7(9)5-15/h2-3,6-7,9H,4,16H2,1H3. The van der Waals surface area contributed by atoms with Crippen molar-refractivity contribution in [2.24, 2.45) is 17.6 Å². The number of methoxy groups -OCH3 is 1. The number of hydrogen-bond donors (Lipinski definition) is 1. The van der Waals surface area contributed by atoms with Crippen LogP contribution in [0, 0.1) is 23.2 Å². The molecule has 2 unspecified atom stereocenters. The van der Waals surface area contributed by atoms with Crippen molar-refractivity contribution in [3.05, 3.63) is 34.2 Å². The van der Waals surface area contributed by atoms with Gasteiger partial charge in [0.25, 0.3) is 0 Å². The van der Waals surface area contributed by atoms with E-state index in [0.29, 0.717) is 15.7 Å². The van der Waals surface area contributed by atoms with Crippen molar-refractivity contribution in [1.82, 2.24) is 4.98 Å². The third kappa shape index (κ3) is 2.47. The number of esters is 1. The molecule has 2 rings (SSSR count). The summed E-state index contributed by atoms with van der Waals surface area (Å²) in [5.74, 6) is -0.378. The predicted molar refractivity (Wildman–Crippen MR) is 72.7 cm³/mol. The Balaban J connectivity index is 2.41. The van der Waals surface area contributed by atoms with Crippen LogP contribution in [0.15, 0.2) is 22.9 Å². The number of pyridine rings is 1. The van der Waals surface area contributed by atoms with Crippen molar-refractivity contribution in [1.29, 1.82) is 5.26 Å². The summed E-state index contributed by atoms with van der Waals surface area (Å²) in [7, 11) is 1.32. The van der Waals surface area contributed by atoms with Gasteiger partial charge in [-0.25, -0.2) is 4.79 Å². The van der Waals surface area contributed by atoms with E-state index in [1.165, 1.54) is 19.5 Å². The van der Waals surface area contributed by atoms with E-state index < -0.39 is 5.97 Å². The molecular weight excluding hydrogens is 310 g/mol. The first-order chi connectivity index (χ1) is 9.13. The number of carbonyl (C=O) groups is 1. The second-order valence-corrected chi connectivity index (χ2v) is 5.01. The Hall–Kier alpha value is -1.87. The Morgan fingerprint density at radius 2 is 2.47 bits per heavy atom. The number of allylic oxidation sites excluding steroid dienone is 1. The number of halogens is 1. The number of rotatable bonds is 3. The molecule has 1 heterocycles. The van der Waals surface area contributed by atoms with Crippen LogP contribution in [0.3, 0.4) is 0 Å². The van der Waals surface area contributed by atoms with Crippen molar-refractivity contribution in [3.8, 4) is 6.07 Å². The van der Waals surface area contributed by atoms with Crippen LogP contribution < -0.4 is 5.73 Å². The molecule has 1 aromatic heterocycles. The molecule has 0 bridgehead atoms. The fourth-order valence-corrected chi connectivity index (χ4v) is 2.60. The summed E-state index contributed by atoms with van der Waals surface area (Å²) < 4.78 is 5.25. The summed E-state index contributed by atoms with van der Waals surface area (Å²) in [6, 6.07) is 3.78. The molecule has 0 radical (unpaired) electrons. The number of aromatic nitrogens is 1. The highest BCUT2D eigenvalue weighted by Gasteiger charge is 2.41. The lowest BCUT2D eigenvalue weighted by molar-refractivity contribution is 0.0599. The van der Waals surface area contributed by atoms with Crippen LogP contribution in [0.25, 0.3) is 5.57 Å². The van der Waals surface area contributed by atoms with Crippen molar-refractivity contribution in [3.63, 3.8) is 0 Å². The van der Waals surface area contributed by atoms with E-state index in [0.717, 1.165) is 12.0 Å². The summed E-state index contributed by atoms with van der Waals surface area (Å²) in [5.41, 5.74) is 7.40. The van der Waals surface area contributed by atoms with Gasteiger partial charge < -0.3 is 10.5 Å². The summed E-state index contributed by atoms with van der Waals surface area (Å²) in [6.45, 7) is 0. The van der Waals surface area contributed by atoms with Gasteiger partial charge in [-0.1, -0.05) is 0 Å². The lowest BCUT2D eigenvalue weighted by Gasteiger charge is -2.10. The SMILES string of the molecule is COC(=O)c1ccnc(C(=CN)C2CC2C#N)c1Br. The molecule has 6 heteroatoms. The second kappa shape index (κ2) is 5.41. The molecular formula is C13H12BrN3O2. The minimum absolute atomic E-state index is 0.0229. The Morgan fingerprint density at radius 1 is 1.74 bits per heavy atom. The average molecular weight is 322 g/mol. The maximum atomic E-state index is 11.6. The molecule has 2 N–H and O–H groups in total. The predicted octanol–water partition coefficient (Wildman–Crippen LogP) is 2.09. The average Bonchev–Trinajstić information content (AvgIpc) is 3.20. The van der Waals surface area contributed by atoms with Gasteiger partial charge in [-0.2, -0.15) is 5.26 Å². The van der Waals surface area contributed by atoms with Gasteiger partial charge >= 0.3 is 5.97 Å². The van der Waals surface area contributed by atoms with Crippen LogP contribution in [0.5, 0.6) is 0 Å². The second-order valence-electron chi connectivity index (χ2n) is 4.21. The molecule has 0 amide bonds. The maximum absolute atomic E-state index is 11.6. The van der Waals surface area contributed by atoms with Crippen LogP contribution in [-0.4, -0.2) is 18.1 Å². The topological polar surface area (TPSA) is 89.0 Å². The van der Waals surface area contributed by atoms with Crippen LogP contribution >= 0.6 is 15.9 Å². The Bertz CT molecular complexity index is 592. The van der Waals surface area contributed by atoms with Gasteiger partial charge in [0.05, 0.1) is 34.8 Å². The van der Waals surface area contributed by atoms with E-state index in [9.17, 15) is 4.79 Å². The van der Waals surface area contributed by atoms with E-state index in [-0.39, 0.29) is 11.8 Å². The van der Waals surface area contributed by atoms with Crippen LogP contribution in [0.4, 0.5) is 0 Å². The monoisotopic (exact) mass is 321 g/mol. The maximum Gasteiger partial charge on any atom is 0.339 e. The zero-order valence-corrected chi connectivity index (χ0v) is 11.8. The lowest BCUT2D eigenvalue weighted by atomic mass is 10.0. The molecule has 0 spiro atoms. The van der Waals surface area contributed by atoms with E-state index in [1.54, 1.807) is 6.07 Å². The molecule has 19 heavy (non-hydrogen) atoms. The fraction of sp³-hybridized carbons (Fsp3) is 0.308. The van der Waals surface area contributed by atoms with Crippen LogP contribution in [0.2, 0.25) is 0 Å². The molecule has 0 aliphatic heterocycles. The normalized spacial score (nSPS) is 21.6. The molecule has 2 atom stereocenters. The number of nitrogens with zero attached hydrogens (tertiary/aromatic N) is 2. The number of nitrogens with two attached hydrogens (primary N) is 1. The highest BCUT2D eigenvalue weighted by Crippen LogP contribution is 2.48. The van der Waals surface area contributed by atoms with E-state index in [1.807, 2.05) is 0 Å². The molecule has 1 aliphatic carbocycles. The van der Waals surface area contributed by atoms with Crippen molar-refractivity contribution in [2.45, 2.75) is 6.42 Å². The largest absolute Gasteiger partial charge is 0.465 e. The number of ether oxygens (including phenoxy) is 1. The van der Waals surface area contributed by atoms with Crippen LogP contribution in [0.1, 0.15) is 22.5 Å². The first-order valence-electron chi connectivity index (χ1n) is 5.68. The van der Waals surface area contributed by atoms with Gasteiger partial charge in [0.2, 0.25) is 0 Å². The molecule has 98 valence electrons. The first-order valence-corrected chi connectivity index (χ1v) is 6.48. The first kappa shape index (κ1) is 13.6. The summed E-state index contributed by atoms with van der Waals surface area (Å²) in [6.07, 6.45) is 3.76. The van der Waals surface area contributed by atoms with Gasteiger partial charge in [0.15, 0.2) is 0 Å². The van der Waals surface area contributed by atoms with Crippen LogP contribution in [-0.2, 0) is 4.74 Å². The molecule has 1 aromatic rings. The summed E-state index contributed by atoms with van der Waals surface area (Å²) in [5, 5.41) is 8.89. The fourth-order valence-electron chi connectivity index (χ4n) is 1.97.